The van der Waals surface area contributed by atoms with Crippen molar-refractivity contribution in [3.8, 4) is 5.69 Å². The molecule has 0 unspecified atom stereocenters. The third-order valence-electron chi connectivity index (χ3n) is 2.22. The van der Waals surface area contributed by atoms with Crippen molar-refractivity contribution in [2.24, 2.45) is 0 Å². The van der Waals surface area contributed by atoms with Gasteiger partial charge in [0, 0.05) is 17.9 Å². The Morgan fingerprint density at radius 2 is 2.11 bits per heavy atom. The highest BCUT2D eigenvalue weighted by molar-refractivity contribution is 5.92. The second-order valence-corrected chi connectivity index (χ2v) is 5.06. The Hall–Kier alpha value is -2.17. The van der Waals surface area contributed by atoms with E-state index in [4.69, 9.17) is 0 Å². The summed E-state index contributed by atoms with van der Waals surface area (Å²) in [6, 6.07) is 5.39. The van der Waals surface area contributed by atoms with Gasteiger partial charge in [-0.15, -0.1) is 0 Å². The van der Waals surface area contributed by atoms with Crippen molar-refractivity contribution in [3.05, 3.63) is 42.5 Å². The van der Waals surface area contributed by atoms with Gasteiger partial charge in [-0.05, 0) is 39.0 Å². The van der Waals surface area contributed by atoms with Crippen molar-refractivity contribution >= 4 is 5.91 Å². The van der Waals surface area contributed by atoms with Crippen molar-refractivity contribution in [2.45, 2.75) is 26.3 Å². The Labute approximate surface area is 106 Å². The molecule has 0 aliphatic carbocycles. The number of carbonyl (C=O) groups is 1. The number of hydrogen-bond donors (Lipinski definition) is 1. The van der Waals surface area contributed by atoms with E-state index in [1.807, 2.05) is 32.9 Å². The maximum atomic E-state index is 11.9. The summed E-state index contributed by atoms with van der Waals surface area (Å²) in [4.78, 5) is 15.9. The van der Waals surface area contributed by atoms with Gasteiger partial charge in [0.15, 0.2) is 5.69 Å². The monoisotopic (exact) mass is 244 g/mol. The van der Waals surface area contributed by atoms with Crippen LogP contribution < -0.4 is 5.32 Å². The van der Waals surface area contributed by atoms with Crippen LogP contribution in [-0.2, 0) is 0 Å². The van der Waals surface area contributed by atoms with E-state index in [1.54, 1.807) is 29.3 Å². The standard InChI is InChI=1S/C13H16N4O/c1-13(2,3)15-12(18)11-6-8-17(16-11)10-5-4-7-14-9-10/h4-9H,1-3H3,(H,15,18). The fourth-order valence-electron chi connectivity index (χ4n) is 1.48. The molecule has 94 valence electrons. The lowest BCUT2D eigenvalue weighted by Crippen LogP contribution is -2.40. The van der Waals surface area contributed by atoms with Crippen molar-refractivity contribution in [3.63, 3.8) is 0 Å². The lowest BCUT2D eigenvalue weighted by Gasteiger charge is -2.19. The van der Waals surface area contributed by atoms with Crippen molar-refractivity contribution in [2.75, 3.05) is 0 Å². The minimum atomic E-state index is -0.269. The molecule has 0 saturated heterocycles. The van der Waals surface area contributed by atoms with Crippen molar-refractivity contribution < 1.29 is 4.79 Å². The number of hydrogen-bond acceptors (Lipinski definition) is 3. The molecule has 0 atom stereocenters. The molecule has 1 amide bonds. The Balaban J connectivity index is 2.19. The minimum absolute atomic E-state index is 0.176. The van der Waals surface area contributed by atoms with Crippen LogP contribution >= 0.6 is 0 Å². The van der Waals surface area contributed by atoms with Gasteiger partial charge in [-0.25, -0.2) is 4.68 Å². The molecule has 0 aliphatic rings. The quantitative estimate of drug-likeness (QED) is 0.876. The fraction of sp³-hybridized carbons (Fsp3) is 0.308. The largest absolute Gasteiger partial charge is 0.346 e. The van der Waals surface area contributed by atoms with E-state index in [0.717, 1.165) is 5.69 Å². The van der Waals surface area contributed by atoms with E-state index in [1.165, 1.54) is 0 Å². The van der Waals surface area contributed by atoms with Crippen LogP contribution in [0.1, 0.15) is 31.3 Å². The van der Waals surface area contributed by atoms with Gasteiger partial charge in [0.25, 0.3) is 5.91 Å². The molecule has 18 heavy (non-hydrogen) atoms. The predicted octanol–water partition coefficient (Wildman–Crippen LogP) is 1.80. The van der Waals surface area contributed by atoms with E-state index >= 15 is 0 Å². The first kappa shape index (κ1) is 12.3. The van der Waals surface area contributed by atoms with Gasteiger partial charge in [-0.2, -0.15) is 5.10 Å². The van der Waals surface area contributed by atoms with E-state index in [-0.39, 0.29) is 11.4 Å². The van der Waals surface area contributed by atoms with Crippen LogP contribution in [0.4, 0.5) is 0 Å². The zero-order valence-corrected chi connectivity index (χ0v) is 10.7. The molecule has 0 radical (unpaired) electrons. The number of aromatic nitrogens is 3. The maximum Gasteiger partial charge on any atom is 0.272 e. The van der Waals surface area contributed by atoms with Gasteiger partial charge in [-0.3, -0.25) is 9.78 Å². The molecule has 0 fully saturated rings. The van der Waals surface area contributed by atoms with Gasteiger partial charge in [0.1, 0.15) is 0 Å². The van der Waals surface area contributed by atoms with E-state index in [2.05, 4.69) is 15.4 Å². The molecule has 2 rings (SSSR count). The maximum absolute atomic E-state index is 11.9. The smallest absolute Gasteiger partial charge is 0.272 e. The topological polar surface area (TPSA) is 59.8 Å². The van der Waals surface area contributed by atoms with Crippen LogP contribution in [0.25, 0.3) is 5.69 Å². The average molecular weight is 244 g/mol. The normalized spacial score (nSPS) is 11.3. The second kappa shape index (κ2) is 4.60. The first-order chi connectivity index (χ1) is 8.46. The Kier molecular flexibility index (Phi) is 3.14. The summed E-state index contributed by atoms with van der Waals surface area (Å²) >= 11 is 0. The number of pyridine rings is 1. The molecule has 0 spiro atoms. The molecular formula is C13H16N4O. The number of carbonyl (C=O) groups excluding carboxylic acids is 1. The Morgan fingerprint density at radius 3 is 2.72 bits per heavy atom. The molecular weight excluding hydrogens is 228 g/mol. The third kappa shape index (κ3) is 2.94. The summed E-state index contributed by atoms with van der Waals surface area (Å²) < 4.78 is 1.63. The highest BCUT2D eigenvalue weighted by atomic mass is 16.2. The Morgan fingerprint density at radius 1 is 1.33 bits per heavy atom. The summed E-state index contributed by atoms with van der Waals surface area (Å²) in [6.07, 6.45) is 5.13. The van der Waals surface area contributed by atoms with Crippen LogP contribution in [0.2, 0.25) is 0 Å². The summed E-state index contributed by atoms with van der Waals surface area (Å²) in [7, 11) is 0. The van der Waals surface area contributed by atoms with Crippen LogP contribution in [0, 0.1) is 0 Å². The summed E-state index contributed by atoms with van der Waals surface area (Å²) in [6.45, 7) is 5.80. The lowest BCUT2D eigenvalue weighted by atomic mass is 10.1. The zero-order valence-electron chi connectivity index (χ0n) is 10.7. The summed E-state index contributed by atoms with van der Waals surface area (Å²) in [5.74, 6) is -0.176. The molecule has 2 aromatic heterocycles. The van der Waals surface area contributed by atoms with Gasteiger partial charge in [0.05, 0.1) is 11.9 Å². The zero-order chi connectivity index (χ0) is 13.2. The highest BCUT2D eigenvalue weighted by Crippen LogP contribution is 2.07. The average Bonchev–Trinajstić information content (AvgIpc) is 2.77. The highest BCUT2D eigenvalue weighted by Gasteiger charge is 2.17. The van der Waals surface area contributed by atoms with E-state index < -0.39 is 0 Å². The Bertz CT molecular complexity index is 540. The summed E-state index contributed by atoms with van der Waals surface area (Å²) in [5.41, 5.74) is 0.955. The SMILES string of the molecule is CC(C)(C)NC(=O)c1ccn(-c2cccnc2)n1. The molecule has 2 heterocycles. The molecule has 5 heteroatoms. The molecule has 0 bridgehead atoms. The molecule has 2 aromatic rings. The number of nitrogens with zero attached hydrogens (tertiary/aromatic N) is 3. The van der Waals surface area contributed by atoms with Gasteiger partial charge >= 0.3 is 0 Å². The second-order valence-electron chi connectivity index (χ2n) is 5.06. The van der Waals surface area contributed by atoms with E-state index in [0.29, 0.717) is 5.69 Å². The molecule has 5 nitrogen and oxygen atoms in total. The first-order valence-electron chi connectivity index (χ1n) is 5.74. The van der Waals surface area contributed by atoms with Crippen molar-refractivity contribution in [1.29, 1.82) is 0 Å². The summed E-state index contributed by atoms with van der Waals surface area (Å²) in [5, 5.41) is 7.10. The van der Waals surface area contributed by atoms with E-state index in [9.17, 15) is 4.79 Å². The number of nitrogens with one attached hydrogen (secondary N) is 1. The molecule has 0 aromatic carbocycles. The van der Waals surface area contributed by atoms with Crippen LogP contribution in [0.3, 0.4) is 0 Å². The predicted molar refractivity (Wildman–Crippen MR) is 68.6 cm³/mol. The van der Waals surface area contributed by atoms with Crippen LogP contribution in [0.5, 0.6) is 0 Å². The van der Waals surface area contributed by atoms with Gasteiger partial charge in [-0.1, -0.05) is 0 Å². The number of amides is 1. The minimum Gasteiger partial charge on any atom is -0.346 e. The van der Waals surface area contributed by atoms with Crippen molar-refractivity contribution in [1.82, 2.24) is 20.1 Å². The fourth-order valence-corrected chi connectivity index (χ4v) is 1.48. The molecule has 0 saturated carbocycles. The third-order valence-corrected chi connectivity index (χ3v) is 2.22. The van der Waals surface area contributed by atoms with Gasteiger partial charge < -0.3 is 5.32 Å². The van der Waals surface area contributed by atoms with Crippen LogP contribution in [0.15, 0.2) is 36.8 Å². The number of rotatable bonds is 2. The van der Waals surface area contributed by atoms with Gasteiger partial charge in [0.2, 0.25) is 0 Å². The first-order valence-corrected chi connectivity index (χ1v) is 5.74. The molecule has 1 N–H and O–H groups in total. The molecule has 0 aliphatic heterocycles. The van der Waals surface area contributed by atoms with Crippen LogP contribution in [-0.4, -0.2) is 26.2 Å². The lowest BCUT2D eigenvalue weighted by molar-refractivity contribution is 0.0914.